The topological polar surface area (TPSA) is 72.7 Å². The molecule has 0 atom stereocenters. The van der Waals surface area contributed by atoms with E-state index in [0.29, 0.717) is 11.5 Å². The predicted octanol–water partition coefficient (Wildman–Crippen LogP) is 3.22. The van der Waals surface area contributed by atoms with Gasteiger partial charge in [-0.05, 0) is 30.3 Å². The molecule has 0 radical (unpaired) electrons. The number of nitrogens with zero attached hydrogens (tertiary/aromatic N) is 4. The maximum Gasteiger partial charge on any atom is 0.275 e. The highest BCUT2D eigenvalue weighted by atomic mass is 35.5. The van der Waals surface area contributed by atoms with E-state index >= 15 is 0 Å². The first-order valence-corrected chi connectivity index (χ1v) is 6.99. The molecule has 0 aliphatic heterocycles. The summed E-state index contributed by atoms with van der Waals surface area (Å²) in [5.41, 5.74) is 0.526. The summed E-state index contributed by atoms with van der Waals surface area (Å²) < 4.78 is 1.54. The van der Waals surface area contributed by atoms with E-state index in [0.717, 1.165) is 0 Å². The highest BCUT2D eigenvalue weighted by Crippen LogP contribution is 2.21. The molecule has 3 rings (SSSR count). The maximum atomic E-state index is 12.3. The van der Waals surface area contributed by atoms with Crippen molar-refractivity contribution in [2.45, 2.75) is 0 Å². The smallest absolute Gasteiger partial charge is 0.275 e. The van der Waals surface area contributed by atoms with Crippen molar-refractivity contribution < 1.29 is 4.79 Å². The Morgan fingerprint density at radius 3 is 2.77 bits per heavy atom. The number of carbonyl (C=O) groups is 1. The van der Waals surface area contributed by atoms with E-state index in [1.54, 1.807) is 41.5 Å². The number of hydrogen-bond donors (Lipinski definition) is 1. The third-order valence-corrected chi connectivity index (χ3v) is 3.30. The summed E-state index contributed by atoms with van der Waals surface area (Å²) in [7, 11) is 0. The third-order valence-electron chi connectivity index (χ3n) is 2.78. The van der Waals surface area contributed by atoms with Gasteiger partial charge < -0.3 is 5.32 Å². The summed E-state index contributed by atoms with van der Waals surface area (Å²) in [5.74, 6) is 0.00732. The number of nitrogens with one attached hydrogen (secondary N) is 1. The fraction of sp³-hybridized carbons (Fsp3) is 0. The summed E-state index contributed by atoms with van der Waals surface area (Å²) in [6, 6.07) is 8.20. The molecule has 0 spiro atoms. The lowest BCUT2D eigenvalue weighted by Crippen LogP contribution is -2.16. The molecule has 0 aromatic carbocycles. The number of halogens is 2. The monoisotopic (exact) mass is 333 g/mol. The van der Waals surface area contributed by atoms with Gasteiger partial charge in [0.25, 0.3) is 5.91 Å². The largest absolute Gasteiger partial charge is 0.317 e. The number of amides is 1. The van der Waals surface area contributed by atoms with Gasteiger partial charge in [-0.1, -0.05) is 23.2 Å². The van der Waals surface area contributed by atoms with Gasteiger partial charge in [0.15, 0.2) is 5.82 Å². The molecule has 6 nitrogen and oxygen atoms in total. The van der Waals surface area contributed by atoms with Crippen LogP contribution in [0.15, 0.2) is 48.9 Å². The Balaban J connectivity index is 1.94. The van der Waals surface area contributed by atoms with Gasteiger partial charge in [0.05, 0.1) is 10.7 Å². The van der Waals surface area contributed by atoms with Crippen molar-refractivity contribution in [2.75, 3.05) is 5.32 Å². The number of hydrogen-bond acceptors (Lipinski definition) is 4. The van der Waals surface area contributed by atoms with Crippen molar-refractivity contribution >= 4 is 34.8 Å². The number of rotatable bonds is 3. The van der Waals surface area contributed by atoms with E-state index in [-0.39, 0.29) is 15.9 Å². The SMILES string of the molecule is O=C(Nc1cccnc1-n1cccn1)c1nc(Cl)ccc1Cl. The second-order valence-corrected chi connectivity index (χ2v) is 5.04. The highest BCUT2D eigenvalue weighted by Gasteiger charge is 2.16. The first-order chi connectivity index (χ1) is 10.6. The van der Waals surface area contributed by atoms with Crippen LogP contribution < -0.4 is 5.32 Å². The van der Waals surface area contributed by atoms with Gasteiger partial charge in [0, 0.05) is 18.6 Å². The Hall–Kier alpha value is -2.44. The molecule has 8 heteroatoms. The normalized spacial score (nSPS) is 10.5. The Morgan fingerprint density at radius 2 is 2.00 bits per heavy atom. The van der Waals surface area contributed by atoms with E-state index in [4.69, 9.17) is 23.2 Å². The number of anilines is 1. The molecule has 3 aromatic heterocycles. The molecule has 1 N–H and O–H groups in total. The van der Waals surface area contributed by atoms with Crippen LogP contribution in [0.2, 0.25) is 10.2 Å². The minimum Gasteiger partial charge on any atom is -0.317 e. The molecule has 1 amide bonds. The maximum absolute atomic E-state index is 12.3. The van der Waals surface area contributed by atoms with Gasteiger partial charge in [0.2, 0.25) is 0 Å². The summed E-state index contributed by atoms with van der Waals surface area (Å²) in [5, 5.41) is 7.22. The molecule has 22 heavy (non-hydrogen) atoms. The highest BCUT2D eigenvalue weighted by molar-refractivity contribution is 6.35. The number of carbonyl (C=O) groups excluding carboxylic acids is 1. The van der Waals surface area contributed by atoms with Crippen molar-refractivity contribution in [1.82, 2.24) is 19.7 Å². The quantitative estimate of drug-likeness (QED) is 0.747. The fourth-order valence-electron chi connectivity index (χ4n) is 1.83. The van der Waals surface area contributed by atoms with Crippen LogP contribution in [0, 0.1) is 0 Å². The van der Waals surface area contributed by atoms with Crippen LogP contribution in [-0.4, -0.2) is 25.7 Å². The predicted molar refractivity (Wildman–Crippen MR) is 83.6 cm³/mol. The van der Waals surface area contributed by atoms with Gasteiger partial charge in [-0.25, -0.2) is 14.6 Å². The van der Waals surface area contributed by atoms with Gasteiger partial charge in [-0.2, -0.15) is 5.10 Å². The summed E-state index contributed by atoms with van der Waals surface area (Å²) >= 11 is 11.8. The average Bonchev–Trinajstić information content (AvgIpc) is 3.04. The molecule has 110 valence electrons. The Bertz CT molecular complexity index is 820. The van der Waals surface area contributed by atoms with E-state index in [1.165, 1.54) is 12.1 Å². The van der Waals surface area contributed by atoms with Crippen molar-refractivity contribution in [3.8, 4) is 5.82 Å². The Morgan fingerprint density at radius 1 is 1.14 bits per heavy atom. The van der Waals surface area contributed by atoms with Crippen LogP contribution in [0.3, 0.4) is 0 Å². The Kier molecular flexibility index (Phi) is 4.04. The van der Waals surface area contributed by atoms with E-state index in [9.17, 15) is 4.79 Å². The van der Waals surface area contributed by atoms with Gasteiger partial charge in [-0.15, -0.1) is 0 Å². The summed E-state index contributed by atoms with van der Waals surface area (Å²) in [4.78, 5) is 20.5. The fourth-order valence-corrected chi connectivity index (χ4v) is 2.17. The van der Waals surface area contributed by atoms with E-state index in [1.807, 2.05) is 0 Å². The molecule has 0 aliphatic rings. The van der Waals surface area contributed by atoms with Crippen molar-refractivity contribution in [1.29, 1.82) is 0 Å². The van der Waals surface area contributed by atoms with Crippen LogP contribution in [0.4, 0.5) is 5.69 Å². The van der Waals surface area contributed by atoms with Gasteiger partial charge in [-0.3, -0.25) is 4.79 Å². The van der Waals surface area contributed by atoms with Crippen LogP contribution in [0.1, 0.15) is 10.5 Å². The second kappa shape index (κ2) is 6.13. The lowest BCUT2D eigenvalue weighted by atomic mass is 10.3. The van der Waals surface area contributed by atoms with Crippen LogP contribution in [0.5, 0.6) is 0 Å². The van der Waals surface area contributed by atoms with E-state index < -0.39 is 5.91 Å². The van der Waals surface area contributed by atoms with Crippen molar-refractivity contribution in [3.63, 3.8) is 0 Å². The summed E-state index contributed by atoms with van der Waals surface area (Å²) in [6.07, 6.45) is 4.95. The zero-order valence-corrected chi connectivity index (χ0v) is 12.6. The lowest BCUT2D eigenvalue weighted by molar-refractivity contribution is 0.102. The molecule has 0 bridgehead atoms. The molecule has 0 fully saturated rings. The molecule has 0 unspecified atom stereocenters. The second-order valence-electron chi connectivity index (χ2n) is 4.24. The minimum absolute atomic E-state index is 0.0458. The van der Waals surface area contributed by atoms with Gasteiger partial charge in [0.1, 0.15) is 10.8 Å². The molecule has 0 saturated carbocycles. The third kappa shape index (κ3) is 2.93. The zero-order chi connectivity index (χ0) is 15.5. The average molecular weight is 334 g/mol. The summed E-state index contributed by atoms with van der Waals surface area (Å²) in [6.45, 7) is 0. The van der Waals surface area contributed by atoms with Gasteiger partial charge >= 0.3 is 0 Å². The molecule has 3 heterocycles. The van der Waals surface area contributed by atoms with E-state index in [2.05, 4.69) is 20.4 Å². The molecule has 3 aromatic rings. The minimum atomic E-state index is -0.478. The number of aromatic nitrogens is 4. The first-order valence-electron chi connectivity index (χ1n) is 6.23. The van der Waals surface area contributed by atoms with Crippen molar-refractivity contribution in [2.24, 2.45) is 0 Å². The molecule has 0 saturated heterocycles. The van der Waals surface area contributed by atoms with Crippen LogP contribution in [0.25, 0.3) is 5.82 Å². The zero-order valence-electron chi connectivity index (χ0n) is 11.1. The van der Waals surface area contributed by atoms with Crippen LogP contribution >= 0.6 is 23.2 Å². The molecule has 0 aliphatic carbocycles. The first kappa shape index (κ1) is 14.5. The van der Waals surface area contributed by atoms with Crippen molar-refractivity contribution in [3.05, 3.63) is 64.8 Å². The number of pyridine rings is 2. The molecular weight excluding hydrogens is 325 g/mol. The Labute approximate surface area is 135 Å². The lowest BCUT2D eigenvalue weighted by Gasteiger charge is -2.10. The standard InChI is InChI=1S/C14H9Cl2N5O/c15-9-4-5-11(16)20-12(9)14(22)19-10-3-1-6-17-13(10)21-8-2-7-18-21/h1-8H,(H,19,22). The van der Waals surface area contributed by atoms with Crippen LogP contribution in [-0.2, 0) is 0 Å². The molecular formula is C14H9Cl2N5O.